The summed E-state index contributed by atoms with van der Waals surface area (Å²) in [6.45, 7) is 2.30. The number of anilines is 1. The minimum atomic E-state index is -0.254. The molecule has 0 N–H and O–H groups in total. The topological polar surface area (TPSA) is 40.6 Å². The summed E-state index contributed by atoms with van der Waals surface area (Å²) in [4.78, 5) is 31.6. The number of amides is 2. The average molecular weight is 487 g/mol. The Morgan fingerprint density at radius 2 is 1.59 bits per heavy atom. The van der Waals surface area contributed by atoms with Crippen molar-refractivity contribution in [2.24, 2.45) is 0 Å². The molecule has 0 saturated carbocycles. The van der Waals surface area contributed by atoms with Crippen LogP contribution >= 0.6 is 23.5 Å². The molecule has 0 aromatic heterocycles. The molecule has 0 unspecified atom stereocenters. The van der Waals surface area contributed by atoms with Gasteiger partial charge in [-0.2, -0.15) is 0 Å². The standard InChI is InChI=1S/C28H26N2O2S2/c1-20(31)30-27-15-9-8-14-25(27)26(28(30)32)18-29-17-24(34-23-12-6-3-7-13-23)16-21(29)19-33-22-10-4-2-5-11-22/h2-15,18,21,24H,16-17,19H2,1H3/b26-18+/t21-,24+/m0/s1. The first kappa shape index (κ1) is 22.8. The van der Waals surface area contributed by atoms with E-state index in [0.717, 1.165) is 24.3 Å². The Balaban J connectivity index is 1.42. The van der Waals surface area contributed by atoms with Gasteiger partial charge in [0, 0.05) is 52.1 Å². The van der Waals surface area contributed by atoms with E-state index < -0.39 is 0 Å². The lowest BCUT2D eigenvalue weighted by atomic mass is 10.1. The minimum Gasteiger partial charge on any atom is -0.372 e. The molecule has 3 aromatic rings. The number of para-hydroxylation sites is 1. The van der Waals surface area contributed by atoms with Crippen LogP contribution in [0, 0.1) is 0 Å². The maximum Gasteiger partial charge on any atom is 0.267 e. The van der Waals surface area contributed by atoms with Gasteiger partial charge in [0.05, 0.1) is 11.3 Å². The van der Waals surface area contributed by atoms with Gasteiger partial charge in [-0.1, -0.05) is 54.6 Å². The summed E-state index contributed by atoms with van der Waals surface area (Å²) < 4.78 is 0. The van der Waals surface area contributed by atoms with Crippen molar-refractivity contribution < 1.29 is 9.59 Å². The Bertz CT molecular complexity index is 1210. The normalized spacial score (nSPS) is 20.7. The Morgan fingerprint density at radius 1 is 0.941 bits per heavy atom. The van der Waals surface area contributed by atoms with Gasteiger partial charge in [-0.15, -0.1) is 23.5 Å². The largest absolute Gasteiger partial charge is 0.372 e. The van der Waals surface area contributed by atoms with Crippen LogP contribution in [-0.4, -0.2) is 40.3 Å². The SMILES string of the molecule is CC(=O)N1C(=O)/C(=C/N2C[C@H](Sc3ccccc3)C[C@H]2CSc2ccccc2)c2ccccc21. The first-order chi connectivity index (χ1) is 16.6. The van der Waals surface area contributed by atoms with Crippen LogP contribution in [0.25, 0.3) is 5.57 Å². The summed E-state index contributed by atoms with van der Waals surface area (Å²) >= 11 is 3.75. The molecule has 6 heteroatoms. The summed E-state index contributed by atoms with van der Waals surface area (Å²) in [5, 5.41) is 0.427. The number of nitrogens with zero attached hydrogens (tertiary/aromatic N) is 2. The van der Waals surface area contributed by atoms with Gasteiger partial charge in [0.15, 0.2) is 0 Å². The molecule has 172 valence electrons. The Hall–Kier alpha value is -2.96. The smallest absolute Gasteiger partial charge is 0.267 e. The van der Waals surface area contributed by atoms with Crippen LogP contribution in [0.5, 0.6) is 0 Å². The highest BCUT2D eigenvalue weighted by Crippen LogP contribution is 2.40. The van der Waals surface area contributed by atoms with Gasteiger partial charge in [-0.25, -0.2) is 4.90 Å². The van der Waals surface area contributed by atoms with Crippen molar-refractivity contribution in [1.82, 2.24) is 4.90 Å². The highest BCUT2D eigenvalue weighted by molar-refractivity contribution is 8.00. The van der Waals surface area contributed by atoms with Crippen LogP contribution in [0.3, 0.4) is 0 Å². The molecule has 5 rings (SSSR count). The monoisotopic (exact) mass is 486 g/mol. The highest BCUT2D eigenvalue weighted by Gasteiger charge is 2.37. The van der Waals surface area contributed by atoms with Gasteiger partial charge in [0.2, 0.25) is 5.91 Å². The second kappa shape index (κ2) is 10.1. The molecular formula is C28H26N2O2S2. The summed E-state index contributed by atoms with van der Waals surface area (Å²) in [5.41, 5.74) is 2.11. The minimum absolute atomic E-state index is 0.234. The van der Waals surface area contributed by atoms with Gasteiger partial charge < -0.3 is 4.90 Å². The average Bonchev–Trinajstić information content (AvgIpc) is 3.36. The number of rotatable bonds is 6. The van der Waals surface area contributed by atoms with Crippen molar-refractivity contribution in [3.05, 3.63) is 96.7 Å². The van der Waals surface area contributed by atoms with Crippen molar-refractivity contribution in [2.45, 2.75) is 34.4 Å². The van der Waals surface area contributed by atoms with E-state index in [2.05, 4.69) is 53.4 Å². The third kappa shape index (κ3) is 4.79. The fourth-order valence-electron chi connectivity index (χ4n) is 4.55. The summed E-state index contributed by atoms with van der Waals surface area (Å²) in [6, 6.07) is 28.8. The fourth-order valence-corrected chi connectivity index (χ4v) is 6.88. The van der Waals surface area contributed by atoms with Crippen LogP contribution in [0.4, 0.5) is 5.69 Å². The van der Waals surface area contributed by atoms with Crippen LogP contribution in [0.15, 0.2) is 101 Å². The van der Waals surface area contributed by atoms with Crippen LogP contribution < -0.4 is 4.90 Å². The molecule has 2 amide bonds. The molecule has 2 aliphatic rings. The van der Waals surface area contributed by atoms with Gasteiger partial charge >= 0.3 is 0 Å². The molecule has 2 aliphatic heterocycles. The molecule has 4 nitrogen and oxygen atoms in total. The molecular weight excluding hydrogens is 460 g/mol. The van der Waals surface area contributed by atoms with E-state index in [1.165, 1.54) is 21.6 Å². The van der Waals surface area contributed by atoms with E-state index in [1.807, 2.05) is 66.1 Å². The number of likely N-dealkylation sites (tertiary alicyclic amines) is 1. The van der Waals surface area contributed by atoms with Crippen LogP contribution in [0.1, 0.15) is 18.9 Å². The van der Waals surface area contributed by atoms with Gasteiger partial charge in [0.1, 0.15) is 0 Å². The summed E-state index contributed by atoms with van der Waals surface area (Å²) in [7, 11) is 0. The number of hydrogen-bond acceptors (Lipinski definition) is 5. The second-order valence-corrected chi connectivity index (χ2v) is 10.9. The predicted octanol–water partition coefficient (Wildman–Crippen LogP) is 5.95. The zero-order chi connectivity index (χ0) is 23.5. The van der Waals surface area contributed by atoms with Gasteiger partial charge in [-0.05, 0) is 36.8 Å². The third-order valence-corrected chi connectivity index (χ3v) is 8.50. The zero-order valence-electron chi connectivity index (χ0n) is 19.0. The maximum atomic E-state index is 13.2. The van der Waals surface area contributed by atoms with E-state index in [1.54, 1.807) is 0 Å². The van der Waals surface area contributed by atoms with Crippen LogP contribution in [-0.2, 0) is 9.59 Å². The quantitative estimate of drug-likeness (QED) is 0.318. The highest BCUT2D eigenvalue weighted by atomic mass is 32.2. The summed E-state index contributed by atoms with van der Waals surface area (Å²) in [5.74, 6) is 0.449. The molecule has 0 spiro atoms. The number of hydrogen-bond donors (Lipinski definition) is 0. The lowest BCUT2D eigenvalue weighted by molar-refractivity contribution is -0.122. The molecule has 0 aliphatic carbocycles. The van der Waals surface area contributed by atoms with Crippen molar-refractivity contribution in [3.63, 3.8) is 0 Å². The number of fused-ring (bicyclic) bond motifs is 1. The van der Waals surface area contributed by atoms with Crippen LogP contribution in [0.2, 0.25) is 0 Å². The predicted molar refractivity (Wildman–Crippen MR) is 141 cm³/mol. The molecule has 1 saturated heterocycles. The van der Waals surface area contributed by atoms with Gasteiger partial charge in [-0.3, -0.25) is 9.59 Å². The van der Waals surface area contributed by atoms with Crippen molar-refractivity contribution in [2.75, 3.05) is 17.2 Å². The van der Waals surface area contributed by atoms with Crippen molar-refractivity contribution in [3.8, 4) is 0 Å². The lowest BCUT2D eigenvalue weighted by Gasteiger charge is -2.23. The Morgan fingerprint density at radius 3 is 2.29 bits per heavy atom. The van der Waals surface area contributed by atoms with E-state index in [0.29, 0.717) is 22.6 Å². The van der Waals surface area contributed by atoms with E-state index in [9.17, 15) is 9.59 Å². The molecule has 3 aromatic carbocycles. The van der Waals surface area contributed by atoms with Crippen molar-refractivity contribution >= 4 is 46.6 Å². The first-order valence-electron chi connectivity index (χ1n) is 11.4. The molecule has 0 radical (unpaired) electrons. The van der Waals surface area contributed by atoms with Crippen molar-refractivity contribution in [1.29, 1.82) is 0 Å². The van der Waals surface area contributed by atoms with E-state index in [-0.39, 0.29) is 11.8 Å². The number of carbonyl (C=O) groups excluding carboxylic acids is 2. The van der Waals surface area contributed by atoms with E-state index >= 15 is 0 Å². The third-order valence-electron chi connectivity index (χ3n) is 6.13. The maximum absolute atomic E-state index is 13.2. The fraction of sp³-hybridized carbons (Fsp3) is 0.214. The molecule has 34 heavy (non-hydrogen) atoms. The first-order valence-corrected chi connectivity index (χ1v) is 13.3. The molecule has 2 heterocycles. The number of imide groups is 1. The molecule has 1 fully saturated rings. The number of thioether (sulfide) groups is 2. The Kier molecular flexibility index (Phi) is 6.79. The number of carbonyl (C=O) groups is 2. The second-order valence-electron chi connectivity index (χ2n) is 8.48. The zero-order valence-corrected chi connectivity index (χ0v) is 20.6. The van der Waals surface area contributed by atoms with Gasteiger partial charge in [0.25, 0.3) is 5.91 Å². The number of benzene rings is 3. The molecule has 2 atom stereocenters. The lowest BCUT2D eigenvalue weighted by Crippen LogP contribution is -2.32. The molecule has 0 bridgehead atoms. The summed E-state index contributed by atoms with van der Waals surface area (Å²) in [6.07, 6.45) is 3.04. The Labute approximate surface area is 209 Å². The van der Waals surface area contributed by atoms with E-state index in [4.69, 9.17) is 0 Å².